The van der Waals surface area contributed by atoms with Gasteiger partial charge in [0.15, 0.2) is 0 Å². The highest BCUT2D eigenvalue weighted by molar-refractivity contribution is 9.10. The Morgan fingerprint density at radius 3 is 2.65 bits per heavy atom. The number of benzene rings is 1. The van der Waals surface area contributed by atoms with Gasteiger partial charge in [0.25, 0.3) is 0 Å². The standard InChI is InChI=1S/C8H9BrN2O5S/c9-6-2-1-3-7(11(12)13)8(6)16-4-5-17(10,14)15/h1-3H,4-5H2,(H2,10,14,15). The van der Waals surface area contributed by atoms with Crippen LogP contribution in [-0.2, 0) is 10.0 Å². The van der Waals surface area contributed by atoms with Crippen LogP contribution in [0.5, 0.6) is 5.75 Å². The molecule has 0 aliphatic carbocycles. The van der Waals surface area contributed by atoms with Crippen LogP contribution in [0.3, 0.4) is 0 Å². The molecule has 94 valence electrons. The summed E-state index contributed by atoms with van der Waals surface area (Å²) in [7, 11) is -3.65. The Morgan fingerprint density at radius 1 is 1.47 bits per heavy atom. The molecule has 1 aromatic rings. The third-order valence-electron chi connectivity index (χ3n) is 1.76. The molecule has 0 aromatic heterocycles. The molecule has 0 bridgehead atoms. The molecule has 2 N–H and O–H groups in total. The van der Waals surface area contributed by atoms with Crippen molar-refractivity contribution >= 4 is 31.6 Å². The largest absolute Gasteiger partial charge is 0.485 e. The first-order chi connectivity index (χ1) is 7.81. The second-order valence-electron chi connectivity index (χ2n) is 3.06. The number of nitrogens with two attached hydrogens (primary N) is 1. The van der Waals surface area contributed by atoms with Crippen LogP contribution in [0, 0.1) is 10.1 Å². The second kappa shape index (κ2) is 5.43. The maximum Gasteiger partial charge on any atom is 0.312 e. The highest BCUT2D eigenvalue weighted by Gasteiger charge is 2.18. The first-order valence-electron chi connectivity index (χ1n) is 4.37. The molecule has 7 nitrogen and oxygen atoms in total. The summed E-state index contributed by atoms with van der Waals surface area (Å²) in [5.41, 5.74) is -0.242. The van der Waals surface area contributed by atoms with Crippen molar-refractivity contribution in [1.29, 1.82) is 0 Å². The highest BCUT2D eigenvalue weighted by atomic mass is 79.9. The van der Waals surface area contributed by atoms with Gasteiger partial charge < -0.3 is 4.74 Å². The van der Waals surface area contributed by atoms with Crippen molar-refractivity contribution in [2.24, 2.45) is 5.14 Å². The van der Waals surface area contributed by atoms with E-state index in [9.17, 15) is 18.5 Å². The van der Waals surface area contributed by atoms with Gasteiger partial charge in [0.1, 0.15) is 6.61 Å². The van der Waals surface area contributed by atoms with Crippen LogP contribution in [0.15, 0.2) is 22.7 Å². The van der Waals surface area contributed by atoms with Gasteiger partial charge in [-0.05, 0) is 22.0 Å². The summed E-state index contributed by atoms with van der Waals surface area (Å²) in [4.78, 5) is 10.1. The van der Waals surface area contributed by atoms with Gasteiger partial charge in [0.2, 0.25) is 15.8 Å². The summed E-state index contributed by atoms with van der Waals surface area (Å²) in [5.74, 6) is -0.424. The Hall–Kier alpha value is -1.19. The van der Waals surface area contributed by atoms with Gasteiger partial charge in [-0.15, -0.1) is 0 Å². The molecular formula is C8H9BrN2O5S. The molecule has 0 saturated heterocycles. The number of hydrogen-bond acceptors (Lipinski definition) is 5. The van der Waals surface area contributed by atoms with Gasteiger partial charge in [-0.3, -0.25) is 10.1 Å². The predicted octanol–water partition coefficient (Wildman–Crippen LogP) is 1.02. The van der Waals surface area contributed by atoms with E-state index in [-0.39, 0.29) is 18.0 Å². The first-order valence-corrected chi connectivity index (χ1v) is 6.88. The van der Waals surface area contributed by atoms with Gasteiger partial charge >= 0.3 is 5.69 Å². The summed E-state index contributed by atoms with van der Waals surface area (Å²) < 4.78 is 26.8. The summed E-state index contributed by atoms with van der Waals surface area (Å²) in [6.45, 7) is -0.248. The molecule has 0 unspecified atom stereocenters. The van der Waals surface area contributed by atoms with Crippen LogP contribution in [-0.4, -0.2) is 25.7 Å². The van der Waals surface area contributed by atoms with E-state index in [0.29, 0.717) is 4.47 Å². The van der Waals surface area contributed by atoms with Crippen molar-refractivity contribution in [1.82, 2.24) is 0 Å². The van der Waals surface area contributed by atoms with E-state index in [1.165, 1.54) is 12.1 Å². The quantitative estimate of drug-likeness (QED) is 0.641. The molecule has 0 radical (unpaired) electrons. The van der Waals surface area contributed by atoms with E-state index in [1.54, 1.807) is 6.07 Å². The fraction of sp³-hybridized carbons (Fsp3) is 0.250. The zero-order valence-electron chi connectivity index (χ0n) is 8.50. The lowest BCUT2D eigenvalue weighted by molar-refractivity contribution is -0.385. The number of nitro groups is 1. The summed E-state index contributed by atoms with van der Waals surface area (Å²) in [6.07, 6.45) is 0. The molecule has 0 amide bonds. The SMILES string of the molecule is NS(=O)(=O)CCOc1c(Br)cccc1[N+](=O)[O-]. The Kier molecular flexibility index (Phi) is 4.43. The minimum absolute atomic E-state index is 0.0128. The number of nitrogens with zero attached hydrogens (tertiary/aromatic N) is 1. The van der Waals surface area contributed by atoms with Crippen LogP contribution in [0.1, 0.15) is 0 Å². The van der Waals surface area contributed by atoms with Crippen LogP contribution >= 0.6 is 15.9 Å². The molecule has 0 aliphatic heterocycles. The third kappa shape index (κ3) is 4.29. The molecule has 0 spiro atoms. The maximum atomic E-state index is 10.7. The molecule has 1 rings (SSSR count). The van der Waals surface area contributed by atoms with Crippen molar-refractivity contribution in [3.05, 3.63) is 32.8 Å². The van der Waals surface area contributed by atoms with Gasteiger partial charge in [0, 0.05) is 6.07 Å². The van der Waals surface area contributed by atoms with Crippen LogP contribution in [0.25, 0.3) is 0 Å². The molecular weight excluding hydrogens is 316 g/mol. The predicted molar refractivity (Wildman–Crippen MR) is 64.3 cm³/mol. The number of nitro benzene ring substituents is 1. The van der Waals surface area contributed by atoms with Crippen molar-refractivity contribution in [3.63, 3.8) is 0 Å². The van der Waals surface area contributed by atoms with Gasteiger partial charge in [0.05, 0.1) is 15.1 Å². The van der Waals surface area contributed by atoms with Crippen LogP contribution < -0.4 is 9.88 Å². The number of primary sulfonamides is 1. The van der Waals surface area contributed by atoms with E-state index >= 15 is 0 Å². The number of halogens is 1. The minimum Gasteiger partial charge on any atom is -0.485 e. The normalized spacial score (nSPS) is 11.2. The van der Waals surface area contributed by atoms with Crippen molar-refractivity contribution in [2.45, 2.75) is 0 Å². The molecule has 17 heavy (non-hydrogen) atoms. The van der Waals surface area contributed by atoms with E-state index < -0.39 is 20.7 Å². The zero-order chi connectivity index (χ0) is 13.1. The fourth-order valence-corrected chi connectivity index (χ4v) is 1.83. The number of rotatable bonds is 5. The van der Waals surface area contributed by atoms with E-state index in [0.717, 1.165) is 0 Å². The second-order valence-corrected chi connectivity index (χ2v) is 5.65. The van der Waals surface area contributed by atoms with Gasteiger partial charge in [-0.2, -0.15) is 0 Å². The zero-order valence-corrected chi connectivity index (χ0v) is 10.9. The number of ether oxygens (including phenoxy) is 1. The summed E-state index contributed by atoms with van der Waals surface area (Å²) in [5, 5.41) is 15.5. The molecule has 1 aromatic carbocycles. The molecule has 9 heteroatoms. The lowest BCUT2D eigenvalue weighted by atomic mass is 10.3. The van der Waals surface area contributed by atoms with Crippen molar-refractivity contribution in [2.75, 3.05) is 12.4 Å². The molecule has 0 aliphatic rings. The monoisotopic (exact) mass is 324 g/mol. The van der Waals surface area contributed by atoms with Crippen LogP contribution in [0.4, 0.5) is 5.69 Å². The lowest BCUT2D eigenvalue weighted by Gasteiger charge is -2.07. The average molecular weight is 325 g/mol. The summed E-state index contributed by atoms with van der Waals surface area (Å²) in [6, 6.07) is 4.30. The molecule has 0 atom stereocenters. The van der Waals surface area contributed by atoms with Crippen molar-refractivity contribution in [3.8, 4) is 5.75 Å². The Balaban J connectivity index is 2.86. The highest BCUT2D eigenvalue weighted by Crippen LogP contribution is 2.34. The third-order valence-corrected chi connectivity index (χ3v) is 3.12. The maximum absolute atomic E-state index is 10.7. The molecule has 0 heterocycles. The van der Waals surface area contributed by atoms with Crippen LogP contribution in [0.2, 0.25) is 0 Å². The minimum atomic E-state index is -3.65. The number of para-hydroxylation sites is 1. The average Bonchev–Trinajstić information content (AvgIpc) is 2.18. The Bertz CT molecular complexity index is 531. The first kappa shape index (κ1) is 13.9. The van der Waals surface area contributed by atoms with Gasteiger partial charge in [-0.1, -0.05) is 6.07 Å². The number of sulfonamides is 1. The van der Waals surface area contributed by atoms with E-state index in [1.807, 2.05) is 0 Å². The fourth-order valence-electron chi connectivity index (χ4n) is 1.04. The van der Waals surface area contributed by atoms with Crippen molar-refractivity contribution < 1.29 is 18.1 Å². The Labute approximate surface area is 106 Å². The van der Waals surface area contributed by atoms with Gasteiger partial charge in [-0.25, -0.2) is 13.6 Å². The van der Waals surface area contributed by atoms with E-state index in [2.05, 4.69) is 15.9 Å². The number of hydrogen-bond donors (Lipinski definition) is 1. The van der Waals surface area contributed by atoms with E-state index in [4.69, 9.17) is 9.88 Å². The summed E-state index contributed by atoms with van der Waals surface area (Å²) >= 11 is 3.09. The Morgan fingerprint density at radius 2 is 2.12 bits per heavy atom. The lowest BCUT2D eigenvalue weighted by Crippen LogP contribution is -2.21. The molecule has 0 fully saturated rings. The smallest absolute Gasteiger partial charge is 0.312 e. The topological polar surface area (TPSA) is 113 Å². The molecule has 0 saturated carbocycles.